The van der Waals surface area contributed by atoms with Crippen LogP contribution in [0.4, 0.5) is 11.4 Å². The predicted molar refractivity (Wildman–Crippen MR) is 62.4 cm³/mol. The normalized spacial score (nSPS) is 23.2. The van der Waals surface area contributed by atoms with Gasteiger partial charge in [0.15, 0.2) is 0 Å². The van der Waals surface area contributed by atoms with Crippen LogP contribution in [0.3, 0.4) is 0 Å². The summed E-state index contributed by atoms with van der Waals surface area (Å²) in [6.07, 6.45) is 0.235. The topological polar surface area (TPSA) is 104 Å². The van der Waals surface area contributed by atoms with Gasteiger partial charge in [-0.15, -0.1) is 0 Å². The number of nitrogens with one attached hydrogen (secondary N) is 2. The molecule has 90 valence electrons. The fourth-order valence-electron chi connectivity index (χ4n) is 1.74. The Hall–Kier alpha value is -2.24. The smallest absolute Gasteiger partial charge is 0.326 e. The van der Waals surface area contributed by atoms with E-state index in [1.165, 1.54) is 0 Å². The molecule has 6 heteroatoms. The van der Waals surface area contributed by atoms with Gasteiger partial charge in [0.25, 0.3) is 0 Å². The third-order valence-corrected chi connectivity index (χ3v) is 2.65. The van der Waals surface area contributed by atoms with Crippen LogP contribution >= 0.6 is 0 Å². The van der Waals surface area contributed by atoms with E-state index in [0.29, 0.717) is 5.69 Å². The van der Waals surface area contributed by atoms with Crippen molar-refractivity contribution in [3.8, 4) is 0 Å². The fourth-order valence-corrected chi connectivity index (χ4v) is 1.74. The van der Waals surface area contributed by atoms with Crippen molar-refractivity contribution >= 4 is 23.3 Å². The molecule has 1 heterocycles. The van der Waals surface area contributed by atoms with E-state index in [0.717, 1.165) is 5.69 Å². The quantitative estimate of drug-likeness (QED) is 0.553. The van der Waals surface area contributed by atoms with Crippen molar-refractivity contribution in [2.45, 2.75) is 18.5 Å². The lowest BCUT2D eigenvalue weighted by Gasteiger charge is -2.11. The Bertz CT molecular complexity index is 444. The second kappa shape index (κ2) is 4.32. The first-order chi connectivity index (χ1) is 8.06. The molecule has 1 fully saturated rings. The number of nitrogens with two attached hydrogens (primary N) is 1. The first kappa shape index (κ1) is 11.3. The molecule has 1 aromatic rings. The third-order valence-electron chi connectivity index (χ3n) is 2.65. The lowest BCUT2D eigenvalue weighted by molar-refractivity contribution is -0.140. The highest BCUT2D eigenvalue weighted by Crippen LogP contribution is 2.16. The molecule has 1 aliphatic heterocycles. The molecule has 2 rings (SSSR count). The number of aliphatic carboxylic acids is 1. The third kappa shape index (κ3) is 2.47. The molecule has 0 saturated carbocycles. The summed E-state index contributed by atoms with van der Waals surface area (Å²) in [5, 5.41) is 14.2. The summed E-state index contributed by atoms with van der Waals surface area (Å²) < 4.78 is 0. The number of carboxylic acid groups (broad SMARTS) is 1. The Balaban J connectivity index is 2.02. The fraction of sp³-hybridized carbons (Fsp3) is 0.273. The van der Waals surface area contributed by atoms with Crippen LogP contribution in [0.25, 0.3) is 0 Å². The predicted octanol–water partition coefficient (Wildman–Crippen LogP) is 0.0224. The van der Waals surface area contributed by atoms with Gasteiger partial charge in [-0.25, -0.2) is 4.79 Å². The van der Waals surface area contributed by atoms with E-state index in [-0.39, 0.29) is 12.3 Å². The zero-order valence-corrected chi connectivity index (χ0v) is 9.01. The number of nitrogen functional groups attached to an aromatic ring is 1. The average molecular weight is 235 g/mol. The number of anilines is 2. The Morgan fingerprint density at radius 3 is 2.59 bits per heavy atom. The molecule has 2 atom stereocenters. The van der Waals surface area contributed by atoms with Crippen LogP contribution in [0.15, 0.2) is 24.3 Å². The van der Waals surface area contributed by atoms with Gasteiger partial charge in [-0.1, -0.05) is 0 Å². The summed E-state index contributed by atoms with van der Waals surface area (Å²) in [5.41, 5.74) is 6.91. The summed E-state index contributed by atoms with van der Waals surface area (Å²) in [6.45, 7) is 0. The zero-order chi connectivity index (χ0) is 12.4. The molecular weight excluding hydrogens is 222 g/mol. The van der Waals surface area contributed by atoms with E-state index in [4.69, 9.17) is 10.8 Å². The number of carboxylic acids is 1. The first-order valence-corrected chi connectivity index (χ1v) is 5.21. The van der Waals surface area contributed by atoms with Crippen molar-refractivity contribution in [2.24, 2.45) is 0 Å². The number of carbonyl (C=O) groups is 2. The minimum atomic E-state index is -1.01. The Labute approximate surface area is 97.8 Å². The summed E-state index contributed by atoms with van der Waals surface area (Å²) in [5.74, 6) is -1.31. The minimum absolute atomic E-state index is 0.235. The van der Waals surface area contributed by atoms with E-state index in [2.05, 4.69) is 10.6 Å². The van der Waals surface area contributed by atoms with E-state index >= 15 is 0 Å². The van der Waals surface area contributed by atoms with E-state index in [1.807, 2.05) is 0 Å². The van der Waals surface area contributed by atoms with Crippen LogP contribution in [0.1, 0.15) is 6.42 Å². The highest BCUT2D eigenvalue weighted by molar-refractivity contribution is 5.92. The highest BCUT2D eigenvalue weighted by atomic mass is 16.4. The van der Waals surface area contributed by atoms with Gasteiger partial charge in [0.05, 0.1) is 0 Å². The van der Waals surface area contributed by atoms with Crippen molar-refractivity contribution in [3.05, 3.63) is 24.3 Å². The summed E-state index contributed by atoms with van der Waals surface area (Å²) in [6, 6.07) is 5.59. The molecule has 1 saturated heterocycles. The number of hydrogen-bond donors (Lipinski definition) is 4. The molecule has 5 N–H and O–H groups in total. The average Bonchev–Trinajstić information content (AvgIpc) is 2.64. The van der Waals surface area contributed by atoms with Gasteiger partial charge in [-0.05, 0) is 24.3 Å². The van der Waals surface area contributed by atoms with Gasteiger partial charge in [0.1, 0.15) is 12.1 Å². The minimum Gasteiger partial charge on any atom is -0.480 e. The van der Waals surface area contributed by atoms with Crippen LogP contribution in [0, 0.1) is 0 Å². The van der Waals surface area contributed by atoms with E-state index in [1.54, 1.807) is 24.3 Å². The zero-order valence-electron chi connectivity index (χ0n) is 9.01. The number of carbonyl (C=O) groups excluding carboxylic acids is 1. The first-order valence-electron chi connectivity index (χ1n) is 5.21. The van der Waals surface area contributed by atoms with E-state index in [9.17, 15) is 9.59 Å². The van der Waals surface area contributed by atoms with Gasteiger partial charge < -0.3 is 21.5 Å². The second-order valence-corrected chi connectivity index (χ2v) is 3.95. The Morgan fingerprint density at radius 1 is 1.41 bits per heavy atom. The Kier molecular flexibility index (Phi) is 2.86. The lowest BCUT2D eigenvalue weighted by Crippen LogP contribution is -2.34. The van der Waals surface area contributed by atoms with Crippen molar-refractivity contribution in [3.63, 3.8) is 0 Å². The van der Waals surface area contributed by atoms with Gasteiger partial charge in [0, 0.05) is 17.8 Å². The van der Waals surface area contributed by atoms with Crippen LogP contribution in [0.5, 0.6) is 0 Å². The van der Waals surface area contributed by atoms with Crippen molar-refractivity contribution in [1.82, 2.24) is 5.32 Å². The standard InChI is InChI=1S/C11H13N3O3/c12-6-1-3-7(4-2-6)13-8-5-9(11(16)17)14-10(8)15/h1-4,8-9,13H,5,12H2,(H,14,15)(H,16,17)/t8-,9-/m0/s1. The van der Waals surface area contributed by atoms with E-state index < -0.39 is 18.1 Å². The Morgan fingerprint density at radius 2 is 2.06 bits per heavy atom. The van der Waals surface area contributed by atoms with Gasteiger partial charge >= 0.3 is 5.97 Å². The molecule has 0 radical (unpaired) electrons. The number of benzene rings is 1. The molecule has 0 unspecified atom stereocenters. The molecule has 6 nitrogen and oxygen atoms in total. The maximum Gasteiger partial charge on any atom is 0.326 e. The van der Waals surface area contributed by atoms with Crippen LogP contribution in [0.2, 0.25) is 0 Å². The van der Waals surface area contributed by atoms with Crippen LogP contribution in [-0.2, 0) is 9.59 Å². The van der Waals surface area contributed by atoms with Gasteiger partial charge in [-0.3, -0.25) is 4.79 Å². The van der Waals surface area contributed by atoms with Crippen molar-refractivity contribution in [1.29, 1.82) is 0 Å². The molecule has 1 aliphatic rings. The molecular formula is C11H13N3O3. The van der Waals surface area contributed by atoms with Crippen molar-refractivity contribution < 1.29 is 14.7 Å². The maximum absolute atomic E-state index is 11.5. The monoisotopic (exact) mass is 235 g/mol. The molecule has 17 heavy (non-hydrogen) atoms. The highest BCUT2D eigenvalue weighted by Gasteiger charge is 2.35. The summed E-state index contributed by atoms with van der Waals surface area (Å²) in [4.78, 5) is 22.2. The molecule has 1 amide bonds. The lowest BCUT2D eigenvalue weighted by atomic mass is 10.1. The van der Waals surface area contributed by atoms with Crippen LogP contribution < -0.4 is 16.4 Å². The van der Waals surface area contributed by atoms with Crippen molar-refractivity contribution in [2.75, 3.05) is 11.1 Å². The largest absolute Gasteiger partial charge is 0.480 e. The van der Waals surface area contributed by atoms with Gasteiger partial charge in [0.2, 0.25) is 5.91 Å². The SMILES string of the molecule is Nc1ccc(N[C@H]2C[C@@H](C(=O)O)NC2=O)cc1. The molecule has 1 aromatic carbocycles. The molecule has 0 bridgehead atoms. The van der Waals surface area contributed by atoms with Gasteiger partial charge in [-0.2, -0.15) is 0 Å². The molecule has 0 spiro atoms. The maximum atomic E-state index is 11.5. The number of amides is 1. The van der Waals surface area contributed by atoms with Crippen LogP contribution in [-0.4, -0.2) is 29.1 Å². The summed E-state index contributed by atoms with van der Waals surface area (Å²) >= 11 is 0. The summed E-state index contributed by atoms with van der Waals surface area (Å²) in [7, 11) is 0. The second-order valence-electron chi connectivity index (χ2n) is 3.95. The number of hydrogen-bond acceptors (Lipinski definition) is 4. The molecule has 0 aromatic heterocycles. The number of rotatable bonds is 3. The molecule has 0 aliphatic carbocycles.